The van der Waals surface area contributed by atoms with Crippen LogP contribution in [0.2, 0.25) is 0 Å². The summed E-state index contributed by atoms with van der Waals surface area (Å²) in [6, 6.07) is 9.63. The number of carbonyl (C=O) groups is 1. The molecule has 2 heterocycles. The molecule has 1 aromatic rings. The number of nitrogens with zero attached hydrogens (tertiary/aromatic N) is 1. The molecule has 1 atom stereocenters. The minimum atomic E-state index is 0.193. The van der Waals surface area contributed by atoms with Gasteiger partial charge in [0.1, 0.15) is 0 Å². The zero-order chi connectivity index (χ0) is 12.4. The Labute approximate surface area is 108 Å². The van der Waals surface area contributed by atoms with E-state index in [4.69, 9.17) is 0 Å². The second kappa shape index (κ2) is 4.73. The Morgan fingerprint density at radius 2 is 2.06 bits per heavy atom. The molecule has 2 fully saturated rings. The van der Waals surface area contributed by atoms with Gasteiger partial charge in [-0.25, -0.2) is 0 Å². The van der Waals surface area contributed by atoms with Crippen LogP contribution in [0.25, 0.3) is 0 Å². The van der Waals surface area contributed by atoms with Crippen LogP contribution in [0.5, 0.6) is 0 Å². The molecule has 1 spiro atoms. The number of rotatable bonds is 1. The fourth-order valence-electron chi connectivity index (χ4n) is 3.25. The molecule has 2 saturated heterocycles. The summed E-state index contributed by atoms with van der Waals surface area (Å²) in [6.45, 7) is 4.04. The Hall–Kier alpha value is -1.35. The monoisotopic (exact) mass is 244 g/mol. The lowest BCUT2D eigenvalue weighted by molar-refractivity contribution is 0.0764. The molecule has 1 aromatic carbocycles. The average Bonchev–Trinajstić information content (AvgIpc) is 2.83. The highest BCUT2D eigenvalue weighted by molar-refractivity contribution is 5.94. The number of carbonyl (C=O) groups excluding carboxylic acids is 1. The van der Waals surface area contributed by atoms with Gasteiger partial charge in [-0.05, 0) is 37.9 Å². The van der Waals surface area contributed by atoms with Crippen LogP contribution in [0.1, 0.15) is 29.6 Å². The number of amides is 1. The molecular weight excluding hydrogens is 224 g/mol. The van der Waals surface area contributed by atoms with E-state index < -0.39 is 0 Å². The standard InChI is InChI=1S/C15H20N2O/c18-14(13-5-2-1-3-6-13)17-10-8-15(12-17)7-4-9-16-11-15/h1-3,5-6,16H,4,7-12H2. The van der Waals surface area contributed by atoms with Gasteiger partial charge < -0.3 is 10.2 Å². The first-order valence-corrected chi connectivity index (χ1v) is 6.84. The largest absolute Gasteiger partial charge is 0.338 e. The first kappa shape index (κ1) is 11.7. The third kappa shape index (κ3) is 2.15. The molecule has 3 rings (SSSR count). The molecule has 2 aliphatic rings. The molecule has 0 aromatic heterocycles. The summed E-state index contributed by atoms with van der Waals surface area (Å²) in [7, 11) is 0. The summed E-state index contributed by atoms with van der Waals surface area (Å²) in [5, 5.41) is 3.48. The number of hydrogen-bond acceptors (Lipinski definition) is 2. The number of hydrogen-bond donors (Lipinski definition) is 1. The van der Waals surface area contributed by atoms with Gasteiger partial charge in [-0.1, -0.05) is 18.2 Å². The molecule has 0 aliphatic carbocycles. The molecular formula is C15H20N2O. The summed E-state index contributed by atoms with van der Waals surface area (Å²) >= 11 is 0. The van der Waals surface area contributed by atoms with Gasteiger partial charge in [0.05, 0.1) is 0 Å². The number of benzene rings is 1. The molecule has 1 amide bonds. The molecule has 0 saturated carbocycles. The molecule has 96 valence electrons. The highest BCUT2D eigenvalue weighted by Crippen LogP contribution is 2.36. The van der Waals surface area contributed by atoms with Gasteiger partial charge in [0.2, 0.25) is 0 Å². The van der Waals surface area contributed by atoms with Crippen molar-refractivity contribution in [1.29, 1.82) is 0 Å². The lowest BCUT2D eigenvalue weighted by Crippen LogP contribution is -2.42. The summed E-state index contributed by atoms with van der Waals surface area (Å²) in [5.74, 6) is 0.193. The van der Waals surface area contributed by atoms with Crippen LogP contribution >= 0.6 is 0 Å². The average molecular weight is 244 g/mol. The molecule has 3 nitrogen and oxygen atoms in total. The van der Waals surface area contributed by atoms with Crippen LogP contribution in [0.15, 0.2) is 30.3 Å². The minimum Gasteiger partial charge on any atom is -0.338 e. The summed E-state index contributed by atoms with van der Waals surface area (Å²) in [4.78, 5) is 14.4. The van der Waals surface area contributed by atoms with E-state index >= 15 is 0 Å². The molecule has 1 N–H and O–H groups in total. The van der Waals surface area contributed by atoms with Crippen LogP contribution in [0.4, 0.5) is 0 Å². The van der Waals surface area contributed by atoms with E-state index in [9.17, 15) is 4.79 Å². The minimum absolute atomic E-state index is 0.193. The molecule has 2 aliphatic heterocycles. The second-order valence-electron chi connectivity index (χ2n) is 5.62. The van der Waals surface area contributed by atoms with Gasteiger partial charge >= 0.3 is 0 Å². The van der Waals surface area contributed by atoms with E-state index in [1.807, 2.05) is 35.2 Å². The molecule has 0 bridgehead atoms. The van der Waals surface area contributed by atoms with Crippen LogP contribution in [0.3, 0.4) is 0 Å². The van der Waals surface area contributed by atoms with Crippen molar-refractivity contribution in [3.63, 3.8) is 0 Å². The Morgan fingerprint density at radius 3 is 2.78 bits per heavy atom. The van der Waals surface area contributed by atoms with Gasteiger partial charge in [-0.15, -0.1) is 0 Å². The van der Waals surface area contributed by atoms with E-state index in [0.717, 1.165) is 38.2 Å². The maximum absolute atomic E-state index is 12.4. The number of piperidine rings is 1. The van der Waals surface area contributed by atoms with E-state index in [2.05, 4.69) is 5.32 Å². The zero-order valence-electron chi connectivity index (χ0n) is 10.7. The third-order valence-corrected chi connectivity index (χ3v) is 4.31. The maximum atomic E-state index is 12.4. The Balaban J connectivity index is 1.70. The number of likely N-dealkylation sites (tertiary alicyclic amines) is 1. The van der Waals surface area contributed by atoms with E-state index in [1.54, 1.807) is 0 Å². The maximum Gasteiger partial charge on any atom is 0.253 e. The van der Waals surface area contributed by atoms with Crippen molar-refractivity contribution < 1.29 is 4.79 Å². The van der Waals surface area contributed by atoms with Crippen LogP contribution < -0.4 is 5.32 Å². The smallest absolute Gasteiger partial charge is 0.253 e. The van der Waals surface area contributed by atoms with Crippen LogP contribution in [-0.4, -0.2) is 37.0 Å². The Morgan fingerprint density at radius 1 is 1.22 bits per heavy atom. The molecule has 0 radical (unpaired) electrons. The van der Waals surface area contributed by atoms with Gasteiger partial charge in [-0.3, -0.25) is 4.79 Å². The van der Waals surface area contributed by atoms with Crippen molar-refractivity contribution in [1.82, 2.24) is 10.2 Å². The SMILES string of the molecule is O=C(c1ccccc1)N1CCC2(CCCNC2)C1. The molecule has 1 unspecified atom stereocenters. The lowest BCUT2D eigenvalue weighted by atomic mass is 9.80. The zero-order valence-corrected chi connectivity index (χ0v) is 10.7. The fraction of sp³-hybridized carbons (Fsp3) is 0.533. The van der Waals surface area contributed by atoms with Gasteiger partial charge in [0.25, 0.3) is 5.91 Å². The number of nitrogens with one attached hydrogen (secondary N) is 1. The summed E-state index contributed by atoms with van der Waals surface area (Å²) < 4.78 is 0. The first-order valence-electron chi connectivity index (χ1n) is 6.84. The van der Waals surface area contributed by atoms with E-state index in [-0.39, 0.29) is 5.91 Å². The van der Waals surface area contributed by atoms with Crippen molar-refractivity contribution in [2.75, 3.05) is 26.2 Å². The van der Waals surface area contributed by atoms with E-state index in [1.165, 1.54) is 12.8 Å². The Bertz CT molecular complexity index is 423. The Kier molecular flexibility index (Phi) is 3.08. The van der Waals surface area contributed by atoms with Crippen LogP contribution in [0, 0.1) is 5.41 Å². The second-order valence-corrected chi connectivity index (χ2v) is 5.62. The molecule has 3 heteroatoms. The fourth-order valence-corrected chi connectivity index (χ4v) is 3.25. The molecule has 18 heavy (non-hydrogen) atoms. The first-order chi connectivity index (χ1) is 8.79. The summed E-state index contributed by atoms with van der Waals surface area (Å²) in [5.41, 5.74) is 1.17. The van der Waals surface area contributed by atoms with Crippen molar-refractivity contribution >= 4 is 5.91 Å². The van der Waals surface area contributed by atoms with E-state index in [0.29, 0.717) is 5.41 Å². The predicted octanol–water partition coefficient (Wildman–Crippen LogP) is 1.90. The topological polar surface area (TPSA) is 32.3 Å². The predicted molar refractivity (Wildman–Crippen MR) is 71.5 cm³/mol. The van der Waals surface area contributed by atoms with Crippen molar-refractivity contribution in [3.05, 3.63) is 35.9 Å². The van der Waals surface area contributed by atoms with Crippen molar-refractivity contribution in [2.24, 2.45) is 5.41 Å². The van der Waals surface area contributed by atoms with Crippen molar-refractivity contribution in [3.8, 4) is 0 Å². The summed E-state index contributed by atoms with van der Waals surface area (Å²) in [6.07, 6.45) is 3.66. The third-order valence-electron chi connectivity index (χ3n) is 4.31. The normalized spacial score (nSPS) is 27.7. The van der Waals surface area contributed by atoms with Gasteiger partial charge in [-0.2, -0.15) is 0 Å². The highest BCUT2D eigenvalue weighted by atomic mass is 16.2. The quantitative estimate of drug-likeness (QED) is 0.818. The lowest BCUT2D eigenvalue weighted by Gasteiger charge is -2.33. The van der Waals surface area contributed by atoms with Crippen molar-refractivity contribution in [2.45, 2.75) is 19.3 Å². The van der Waals surface area contributed by atoms with Gasteiger partial charge in [0.15, 0.2) is 0 Å². The van der Waals surface area contributed by atoms with Crippen LogP contribution in [-0.2, 0) is 0 Å². The highest BCUT2D eigenvalue weighted by Gasteiger charge is 2.40. The van der Waals surface area contributed by atoms with Gasteiger partial charge in [0, 0.05) is 30.6 Å².